The first-order chi connectivity index (χ1) is 13.4. The molecule has 8 nitrogen and oxygen atoms in total. The Morgan fingerprint density at radius 3 is 2.72 bits per heavy atom. The molecule has 0 aliphatic carbocycles. The minimum absolute atomic E-state index is 0. The zero-order valence-electron chi connectivity index (χ0n) is 15.8. The summed E-state index contributed by atoms with van der Waals surface area (Å²) in [6, 6.07) is 9.84. The average molecular weight is 442 g/mol. The highest BCUT2D eigenvalue weighted by atomic mass is 35.5. The number of nitrogens with zero attached hydrogens (tertiary/aromatic N) is 3. The summed E-state index contributed by atoms with van der Waals surface area (Å²) in [6.07, 6.45) is 1.27. The van der Waals surface area contributed by atoms with Crippen LogP contribution >= 0.6 is 12.4 Å². The summed E-state index contributed by atoms with van der Waals surface area (Å²) in [5.74, 6) is 0.0608. The van der Waals surface area contributed by atoms with E-state index in [9.17, 15) is 12.8 Å². The highest BCUT2D eigenvalue weighted by molar-refractivity contribution is 7.89. The van der Waals surface area contributed by atoms with Gasteiger partial charge in [0.15, 0.2) is 0 Å². The second-order valence-electron chi connectivity index (χ2n) is 5.88. The van der Waals surface area contributed by atoms with Crippen LogP contribution in [0.1, 0.15) is 0 Å². The van der Waals surface area contributed by atoms with Crippen molar-refractivity contribution in [3.8, 4) is 16.9 Å². The van der Waals surface area contributed by atoms with E-state index in [2.05, 4.69) is 15.0 Å². The van der Waals surface area contributed by atoms with E-state index in [0.717, 1.165) is 0 Å². The predicted molar refractivity (Wildman–Crippen MR) is 111 cm³/mol. The Labute approximate surface area is 174 Å². The summed E-state index contributed by atoms with van der Waals surface area (Å²) < 4.78 is 47.4. The van der Waals surface area contributed by atoms with E-state index in [1.54, 1.807) is 24.3 Å². The molecular weight excluding hydrogens is 421 g/mol. The fraction of sp³-hybridized carbons (Fsp3) is 0.222. The molecule has 11 heteroatoms. The summed E-state index contributed by atoms with van der Waals surface area (Å²) in [4.78, 5) is 0.0899. The molecule has 29 heavy (non-hydrogen) atoms. The molecule has 0 saturated carbocycles. The number of halogens is 2. The molecule has 156 valence electrons. The third-order valence-corrected chi connectivity index (χ3v) is 5.64. The van der Waals surface area contributed by atoms with Gasteiger partial charge in [0.2, 0.25) is 10.0 Å². The topological polar surface area (TPSA) is 112 Å². The van der Waals surface area contributed by atoms with E-state index in [1.165, 1.54) is 37.0 Å². The molecule has 1 heterocycles. The van der Waals surface area contributed by atoms with Gasteiger partial charge in [-0.2, -0.15) is 0 Å². The Morgan fingerprint density at radius 1 is 1.31 bits per heavy atom. The minimum atomic E-state index is -3.64. The van der Waals surface area contributed by atoms with Gasteiger partial charge in [-0.25, -0.2) is 22.2 Å². The number of hydrogen-bond donors (Lipinski definition) is 2. The number of fused-ring (bicyclic) bond motifs is 1. The lowest BCUT2D eigenvalue weighted by molar-refractivity contribution is 0.416. The van der Waals surface area contributed by atoms with Crippen LogP contribution in [0.15, 0.2) is 53.2 Å². The standard InChI is InChI=1S/C18H20FN5O3S.ClH/c1-21-28(25,26)13-6-7-17(27-2)15(10-13)14-4-3-5-16-18(14)22-23-24(16)11-12(19)8-9-20;/h3-8,10,21H,9,11,20H2,1-2H3;1H/b12-8-;. The highest BCUT2D eigenvalue weighted by Crippen LogP contribution is 2.35. The fourth-order valence-corrected chi connectivity index (χ4v) is 3.60. The van der Waals surface area contributed by atoms with E-state index < -0.39 is 15.9 Å². The molecule has 3 aromatic rings. The maximum atomic E-state index is 13.9. The first-order valence-corrected chi connectivity index (χ1v) is 9.88. The van der Waals surface area contributed by atoms with Gasteiger partial charge in [0.05, 0.1) is 24.1 Å². The molecule has 0 atom stereocenters. The van der Waals surface area contributed by atoms with Gasteiger partial charge in [0.25, 0.3) is 0 Å². The Kier molecular flexibility index (Phi) is 7.31. The van der Waals surface area contributed by atoms with Gasteiger partial charge in [-0.3, -0.25) is 0 Å². The van der Waals surface area contributed by atoms with Crippen molar-refractivity contribution in [3.05, 3.63) is 48.3 Å². The first kappa shape index (κ1) is 22.8. The number of hydrogen-bond acceptors (Lipinski definition) is 6. The number of nitrogens with two attached hydrogens (primary N) is 1. The lowest BCUT2D eigenvalue weighted by Gasteiger charge is -2.12. The van der Waals surface area contributed by atoms with Gasteiger partial charge in [0.1, 0.15) is 17.1 Å². The lowest BCUT2D eigenvalue weighted by Crippen LogP contribution is -2.18. The molecule has 3 N–H and O–H groups in total. The van der Waals surface area contributed by atoms with Crippen molar-refractivity contribution in [2.45, 2.75) is 11.4 Å². The maximum Gasteiger partial charge on any atom is 0.240 e. The van der Waals surface area contributed by atoms with Gasteiger partial charge in [0, 0.05) is 17.7 Å². The monoisotopic (exact) mass is 441 g/mol. The van der Waals surface area contributed by atoms with Gasteiger partial charge in [-0.15, -0.1) is 17.5 Å². The van der Waals surface area contributed by atoms with E-state index in [1.807, 2.05) is 0 Å². The number of methoxy groups -OCH3 is 1. The fourth-order valence-electron chi connectivity index (χ4n) is 2.84. The van der Waals surface area contributed by atoms with Crippen LogP contribution < -0.4 is 15.2 Å². The molecule has 0 bridgehead atoms. The summed E-state index contributed by atoms with van der Waals surface area (Å²) in [6.45, 7) is -0.00387. The van der Waals surface area contributed by atoms with Crippen LogP contribution in [0.3, 0.4) is 0 Å². The molecule has 0 amide bonds. The van der Waals surface area contributed by atoms with Gasteiger partial charge in [-0.05, 0) is 37.4 Å². The molecule has 0 aliphatic rings. The van der Waals surface area contributed by atoms with Crippen molar-refractivity contribution in [3.63, 3.8) is 0 Å². The molecule has 0 saturated heterocycles. The largest absolute Gasteiger partial charge is 0.496 e. The third-order valence-electron chi connectivity index (χ3n) is 4.23. The number of ether oxygens (including phenoxy) is 1. The Bertz CT molecular complexity index is 1150. The Hall–Kier alpha value is -2.53. The summed E-state index contributed by atoms with van der Waals surface area (Å²) >= 11 is 0. The maximum absolute atomic E-state index is 13.9. The molecule has 0 spiro atoms. The van der Waals surface area contributed by atoms with Crippen LogP contribution in [0.25, 0.3) is 22.2 Å². The number of allylic oxidation sites excluding steroid dienone is 1. The molecular formula is C18H21ClFN5O3S. The zero-order valence-corrected chi connectivity index (χ0v) is 17.4. The summed E-state index contributed by atoms with van der Waals surface area (Å²) in [5, 5.41) is 8.18. The number of nitrogens with one attached hydrogen (secondary N) is 1. The average Bonchev–Trinajstić information content (AvgIpc) is 3.10. The van der Waals surface area contributed by atoms with Crippen LogP contribution in [0.5, 0.6) is 5.75 Å². The lowest BCUT2D eigenvalue weighted by atomic mass is 10.0. The third kappa shape index (κ3) is 4.56. The van der Waals surface area contributed by atoms with Crippen LogP contribution in [0.4, 0.5) is 4.39 Å². The van der Waals surface area contributed by atoms with Crippen molar-refractivity contribution >= 4 is 33.5 Å². The summed E-state index contributed by atoms with van der Waals surface area (Å²) in [7, 11) is -0.802. The number of rotatable bonds is 7. The second-order valence-corrected chi connectivity index (χ2v) is 7.76. The minimum Gasteiger partial charge on any atom is -0.496 e. The van der Waals surface area contributed by atoms with E-state index >= 15 is 0 Å². The number of sulfonamides is 1. The van der Waals surface area contributed by atoms with Crippen LogP contribution in [0, 0.1) is 0 Å². The van der Waals surface area contributed by atoms with Gasteiger partial charge in [-0.1, -0.05) is 17.3 Å². The van der Waals surface area contributed by atoms with Crippen LogP contribution in [-0.4, -0.2) is 44.1 Å². The van der Waals surface area contributed by atoms with E-state index in [4.69, 9.17) is 10.5 Å². The normalized spacial score (nSPS) is 12.1. The van der Waals surface area contributed by atoms with Crippen molar-refractivity contribution in [1.82, 2.24) is 19.7 Å². The van der Waals surface area contributed by atoms with E-state index in [0.29, 0.717) is 27.9 Å². The van der Waals surface area contributed by atoms with E-state index in [-0.39, 0.29) is 30.4 Å². The van der Waals surface area contributed by atoms with Crippen LogP contribution in [0.2, 0.25) is 0 Å². The zero-order chi connectivity index (χ0) is 20.3. The van der Waals surface area contributed by atoms with Crippen molar-refractivity contribution < 1.29 is 17.5 Å². The Morgan fingerprint density at radius 2 is 2.07 bits per heavy atom. The molecule has 0 radical (unpaired) electrons. The smallest absolute Gasteiger partial charge is 0.240 e. The predicted octanol–water partition coefficient (Wildman–Crippen LogP) is 2.25. The molecule has 0 unspecified atom stereocenters. The number of benzene rings is 2. The molecule has 1 aromatic heterocycles. The van der Waals surface area contributed by atoms with Crippen molar-refractivity contribution in [2.75, 3.05) is 20.7 Å². The molecule has 0 aliphatic heterocycles. The first-order valence-electron chi connectivity index (χ1n) is 8.40. The molecule has 3 rings (SSSR count). The highest BCUT2D eigenvalue weighted by Gasteiger charge is 2.19. The number of aromatic nitrogens is 3. The molecule has 2 aromatic carbocycles. The van der Waals surface area contributed by atoms with Crippen molar-refractivity contribution in [1.29, 1.82) is 0 Å². The second kappa shape index (κ2) is 9.31. The van der Waals surface area contributed by atoms with Gasteiger partial charge < -0.3 is 10.5 Å². The Balaban J connectivity index is 0.00000300. The molecule has 0 fully saturated rings. The quantitative estimate of drug-likeness (QED) is 0.581. The van der Waals surface area contributed by atoms with Crippen molar-refractivity contribution in [2.24, 2.45) is 5.73 Å². The van der Waals surface area contributed by atoms with Gasteiger partial charge >= 0.3 is 0 Å². The summed E-state index contributed by atoms with van der Waals surface area (Å²) in [5.41, 5.74) is 7.59. The van der Waals surface area contributed by atoms with Crippen LogP contribution in [-0.2, 0) is 16.6 Å². The SMILES string of the molecule is CNS(=O)(=O)c1ccc(OC)c(-c2cccc3c2nnn3C/C(F)=C/CN)c1.Cl.